The summed E-state index contributed by atoms with van der Waals surface area (Å²) >= 11 is 0. The topological polar surface area (TPSA) is 71.7 Å². The first-order valence-electron chi connectivity index (χ1n) is 8.43. The minimum atomic E-state index is -0.237. The van der Waals surface area contributed by atoms with Crippen molar-refractivity contribution in [1.29, 1.82) is 0 Å². The second kappa shape index (κ2) is 8.05. The highest BCUT2D eigenvalue weighted by atomic mass is 16.5. The molecule has 0 radical (unpaired) electrons. The molecule has 1 aromatic heterocycles. The lowest BCUT2D eigenvalue weighted by atomic mass is 10.1. The van der Waals surface area contributed by atoms with Crippen LogP contribution in [0.25, 0.3) is 0 Å². The number of para-hydroxylation sites is 1. The number of aromatic nitrogens is 1. The number of hydrogen-bond donors (Lipinski definition) is 2. The molecule has 0 atom stereocenters. The fraction of sp³-hybridized carbons (Fsp3) is 0.474. The molecule has 6 heteroatoms. The molecule has 0 fully saturated rings. The van der Waals surface area contributed by atoms with Crippen molar-refractivity contribution in [2.45, 2.75) is 53.3 Å². The first kappa shape index (κ1) is 18.8. The minimum absolute atomic E-state index is 0.237. The predicted octanol–water partition coefficient (Wildman–Crippen LogP) is 3.33. The molecule has 0 spiro atoms. The Hall–Kier alpha value is -2.50. The summed E-state index contributed by atoms with van der Waals surface area (Å²) in [4.78, 5) is 4.27. The molecule has 1 heterocycles. The number of aliphatic imine (C=N–C) groups is 1. The van der Waals surface area contributed by atoms with Gasteiger partial charge in [-0.25, -0.2) is 0 Å². The summed E-state index contributed by atoms with van der Waals surface area (Å²) in [5, 5.41) is 10.6. The van der Waals surface area contributed by atoms with Crippen LogP contribution in [0.3, 0.4) is 0 Å². The maximum atomic E-state index is 6.03. The summed E-state index contributed by atoms with van der Waals surface area (Å²) in [5.41, 5.74) is 2.79. The molecule has 0 amide bonds. The lowest BCUT2D eigenvalue weighted by Gasteiger charge is -2.23. The van der Waals surface area contributed by atoms with Crippen LogP contribution in [0.2, 0.25) is 0 Å². The van der Waals surface area contributed by atoms with Crippen LogP contribution in [0.4, 0.5) is 0 Å². The van der Waals surface area contributed by atoms with Crippen LogP contribution in [-0.4, -0.2) is 23.8 Å². The van der Waals surface area contributed by atoms with Crippen molar-refractivity contribution >= 4 is 5.96 Å². The number of rotatable bonds is 5. The summed E-state index contributed by atoms with van der Waals surface area (Å²) < 4.78 is 11.2. The van der Waals surface area contributed by atoms with E-state index < -0.39 is 0 Å². The maximum absolute atomic E-state index is 6.03. The van der Waals surface area contributed by atoms with Gasteiger partial charge in [-0.1, -0.05) is 23.4 Å². The van der Waals surface area contributed by atoms with Gasteiger partial charge in [-0.15, -0.1) is 0 Å². The highest BCUT2D eigenvalue weighted by Crippen LogP contribution is 2.22. The molecular formula is C19H28N4O2. The molecule has 2 aromatic rings. The van der Waals surface area contributed by atoms with Gasteiger partial charge in [0.05, 0.1) is 5.69 Å². The Bertz CT molecular complexity index is 710. The number of guanidine groups is 1. The third-order valence-corrected chi connectivity index (χ3v) is 3.67. The van der Waals surface area contributed by atoms with Crippen molar-refractivity contribution in [1.82, 2.24) is 15.8 Å². The molecule has 0 aliphatic heterocycles. The molecule has 2 rings (SSSR count). The molecule has 0 saturated carbocycles. The van der Waals surface area contributed by atoms with E-state index in [2.05, 4.69) is 26.8 Å². The van der Waals surface area contributed by atoms with Gasteiger partial charge < -0.3 is 19.9 Å². The van der Waals surface area contributed by atoms with Crippen molar-refractivity contribution in [3.8, 4) is 5.75 Å². The van der Waals surface area contributed by atoms with Crippen molar-refractivity contribution in [2.24, 2.45) is 4.99 Å². The van der Waals surface area contributed by atoms with Crippen LogP contribution in [-0.2, 0) is 13.1 Å². The normalized spacial score (nSPS) is 12.2. The molecular weight excluding hydrogens is 316 g/mol. The van der Waals surface area contributed by atoms with Gasteiger partial charge in [0.15, 0.2) is 5.96 Å². The number of nitrogens with one attached hydrogen (secondary N) is 2. The number of hydrogen-bond acceptors (Lipinski definition) is 4. The quantitative estimate of drug-likeness (QED) is 0.643. The lowest BCUT2D eigenvalue weighted by molar-refractivity contribution is 0.129. The highest BCUT2D eigenvalue weighted by molar-refractivity contribution is 5.79. The van der Waals surface area contributed by atoms with E-state index in [4.69, 9.17) is 9.26 Å². The van der Waals surface area contributed by atoms with E-state index in [1.807, 2.05) is 52.8 Å². The third kappa shape index (κ3) is 5.52. The number of aryl methyl sites for hydroxylation is 2. The zero-order chi connectivity index (χ0) is 18.4. The van der Waals surface area contributed by atoms with Gasteiger partial charge in [0.1, 0.15) is 17.1 Å². The Labute approximate surface area is 149 Å². The van der Waals surface area contributed by atoms with Crippen LogP contribution in [0.15, 0.2) is 33.8 Å². The van der Waals surface area contributed by atoms with E-state index in [9.17, 15) is 0 Å². The Morgan fingerprint density at radius 1 is 1.16 bits per heavy atom. The molecule has 2 N–H and O–H groups in total. The van der Waals surface area contributed by atoms with Crippen molar-refractivity contribution in [2.75, 3.05) is 7.05 Å². The SMILES string of the molecule is CN=C(NCc1ccccc1OC(C)(C)C)NCc1c(C)noc1C. The average Bonchev–Trinajstić information content (AvgIpc) is 2.86. The molecule has 25 heavy (non-hydrogen) atoms. The lowest BCUT2D eigenvalue weighted by Crippen LogP contribution is -2.36. The number of nitrogens with zero attached hydrogens (tertiary/aromatic N) is 2. The van der Waals surface area contributed by atoms with E-state index in [0.29, 0.717) is 19.0 Å². The summed E-state index contributed by atoms with van der Waals surface area (Å²) in [5.74, 6) is 2.42. The second-order valence-electron chi connectivity index (χ2n) is 6.90. The fourth-order valence-electron chi connectivity index (χ4n) is 2.41. The zero-order valence-electron chi connectivity index (χ0n) is 15.9. The monoisotopic (exact) mass is 344 g/mol. The van der Waals surface area contributed by atoms with Crippen LogP contribution in [0, 0.1) is 13.8 Å². The van der Waals surface area contributed by atoms with Gasteiger partial charge in [-0.3, -0.25) is 4.99 Å². The average molecular weight is 344 g/mol. The van der Waals surface area contributed by atoms with Crippen molar-refractivity contribution in [3.63, 3.8) is 0 Å². The van der Waals surface area contributed by atoms with Gasteiger partial charge in [0, 0.05) is 31.3 Å². The standard InChI is InChI=1S/C19H28N4O2/c1-13-16(14(2)25-23-13)12-22-18(20-6)21-11-15-9-7-8-10-17(15)24-19(3,4)5/h7-10H,11-12H2,1-6H3,(H2,20,21,22). The Morgan fingerprint density at radius 2 is 1.84 bits per heavy atom. The Balaban J connectivity index is 1.97. The summed E-state index contributed by atoms with van der Waals surface area (Å²) in [6.45, 7) is 11.2. The molecule has 1 aromatic carbocycles. The summed E-state index contributed by atoms with van der Waals surface area (Å²) in [6.07, 6.45) is 0. The van der Waals surface area contributed by atoms with Crippen LogP contribution >= 0.6 is 0 Å². The van der Waals surface area contributed by atoms with Crippen molar-refractivity contribution < 1.29 is 9.26 Å². The van der Waals surface area contributed by atoms with E-state index in [1.54, 1.807) is 7.05 Å². The maximum Gasteiger partial charge on any atom is 0.191 e. The molecule has 0 saturated heterocycles. The molecule has 0 bridgehead atoms. The summed E-state index contributed by atoms with van der Waals surface area (Å²) in [6, 6.07) is 8.03. The van der Waals surface area contributed by atoms with Crippen LogP contribution in [0.1, 0.15) is 43.4 Å². The molecule has 6 nitrogen and oxygen atoms in total. The van der Waals surface area contributed by atoms with Gasteiger partial charge in [0.2, 0.25) is 0 Å². The number of benzene rings is 1. The van der Waals surface area contributed by atoms with E-state index in [-0.39, 0.29) is 5.60 Å². The van der Waals surface area contributed by atoms with E-state index in [1.165, 1.54) is 0 Å². The molecule has 0 aliphatic carbocycles. The van der Waals surface area contributed by atoms with E-state index in [0.717, 1.165) is 28.3 Å². The first-order chi connectivity index (χ1) is 11.8. The molecule has 136 valence electrons. The van der Waals surface area contributed by atoms with Crippen LogP contribution in [0.5, 0.6) is 5.75 Å². The first-order valence-corrected chi connectivity index (χ1v) is 8.43. The zero-order valence-corrected chi connectivity index (χ0v) is 15.9. The second-order valence-corrected chi connectivity index (χ2v) is 6.90. The Morgan fingerprint density at radius 3 is 2.44 bits per heavy atom. The smallest absolute Gasteiger partial charge is 0.191 e. The highest BCUT2D eigenvalue weighted by Gasteiger charge is 2.14. The minimum Gasteiger partial charge on any atom is -0.488 e. The molecule has 0 unspecified atom stereocenters. The van der Waals surface area contributed by atoms with Gasteiger partial charge in [0.25, 0.3) is 0 Å². The summed E-state index contributed by atoms with van der Waals surface area (Å²) in [7, 11) is 1.75. The van der Waals surface area contributed by atoms with Gasteiger partial charge in [-0.2, -0.15) is 0 Å². The Kier molecular flexibility index (Phi) is 6.07. The van der Waals surface area contributed by atoms with Crippen LogP contribution < -0.4 is 15.4 Å². The molecule has 0 aliphatic rings. The predicted molar refractivity (Wildman–Crippen MR) is 99.8 cm³/mol. The van der Waals surface area contributed by atoms with Crippen molar-refractivity contribution in [3.05, 3.63) is 46.8 Å². The largest absolute Gasteiger partial charge is 0.488 e. The van der Waals surface area contributed by atoms with Gasteiger partial charge in [-0.05, 0) is 40.7 Å². The fourth-order valence-corrected chi connectivity index (χ4v) is 2.41. The van der Waals surface area contributed by atoms with Gasteiger partial charge >= 0.3 is 0 Å². The number of ether oxygens (including phenoxy) is 1. The third-order valence-electron chi connectivity index (χ3n) is 3.67. The van der Waals surface area contributed by atoms with E-state index >= 15 is 0 Å².